The number of nitrogens with zero attached hydrogens (tertiary/aromatic N) is 2. The normalized spacial score (nSPS) is 10.1. The van der Waals surface area contributed by atoms with Gasteiger partial charge in [-0.1, -0.05) is 0 Å². The lowest BCUT2D eigenvalue weighted by Gasteiger charge is -2.16. The van der Waals surface area contributed by atoms with Gasteiger partial charge in [0.1, 0.15) is 0 Å². The van der Waals surface area contributed by atoms with Crippen molar-refractivity contribution in [2.24, 2.45) is 16.5 Å². The summed E-state index contributed by atoms with van der Waals surface area (Å²) in [6.07, 6.45) is -5.08. The number of aliphatic imine (C=N–C) groups is 1. The second kappa shape index (κ2) is 7.98. The number of benzene rings is 1. The molecule has 0 bridgehead atoms. The summed E-state index contributed by atoms with van der Waals surface area (Å²) >= 11 is 0. The van der Waals surface area contributed by atoms with Crippen molar-refractivity contribution in [2.75, 3.05) is 18.5 Å². The highest BCUT2D eigenvalue weighted by atomic mass is 19.4. The summed E-state index contributed by atoms with van der Waals surface area (Å²) < 4.78 is 31.7. The summed E-state index contributed by atoms with van der Waals surface area (Å²) in [5, 5.41) is 7.12. The molecule has 1 aromatic carbocycles. The van der Waals surface area contributed by atoms with E-state index in [1.165, 1.54) is 0 Å². The number of guanidine groups is 1. The van der Waals surface area contributed by atoms with Gasteiger partial charge in [-0.05, 0) is 31.2 Å². The van der Waals surface area contributed by atoms with E-state index in [0.717, 1.165) is 17.9 Å². The predicted octanol–water partition coefficient (Wildman–Crippen LogP) is 1.68. The average Bonchev–Trinajstić information content (AvgIpc) is 2.37. The third-order valence-electron chi connectivity index (χ3n) is 2.27. The second-order valence-corrected chi connectivity index (χ2v) is 3.87. The number of hydrogen-bond donors (Lipinski definition) is 3. The molecule has 0 unspecified atom stereocenters. The first kappa shape index (κ1) is 18.6. The fourth-order valence-corrected chi connectivity index (χ4v) is 1.11. The molecule has 0 aliphatic heterocycles. The van der Waals surface area contributed by atoms with Crippen LogP contribution in [0.4, 0.5) is 24.5 Å². The van der Waals surface area contributed by atoms with E-state index in [0.29, 0.717) is 0 Å². The van der Waals surface area contributed by atoms with E-state index in [2.05, 4.69) is 16.8 Å². The van der Waals surface area contributed by atoms with Gasteiger partial charge in [0.05, 0.1) is 5.69 Å². The van der Waals surface area contributed by atoms with Crippen LogP contribution in [0.1, 0.15) is 6.92 Å². The van der Waals surface area contributed by atoms with Crippen molar-refractivity contribution in [1.82, 2.24) is 0 Å². The maximum absolute atomic E-state index is 10.6. The molecule has 21 heavy (non-hydrogen) atoms. The van der Waals surface area contributed by atoms with E-state index < -0.39 is 12.1 Å². The molecule has 6 nitrogen and oxygen atoms in total. The van der Waals surface area contributed by atoms with Crippen LogP contribution in [0.25, 0.3) is 0 Å². The lowest BCUT2D eigenvalue weighted by Crippen LogP contribution is -2.21. The summed E-state index contributed by atoms with van der Waals surface area (Å²) in [5.74, 6) is -2.67. The molecule has 9 heteroatoms. The van der Waals surface area contributed by atoms with Crippen LogP contribution in [-0.4, -0.2) is 36.8 Å². The van der Waals surface area contributed by atoms with Crippen LogP contribution in [0.15, 0.2) is 29.3 Å². The third kappa shape index (κ3) is 7.65. The van der Waals surface area contributed by atoms with Crippen LogP contribution < -0.4 is 16.4 Å². The van der Waals surface area contributed by atoms with Gasteiger partial charge in [-0.3, -0.25) is 0 Å². The topological polar surface area (TPSA) is 105 Å². The highest BCUT2D eigenvalue weighted by molar-refractivity contribution is 5.79. The number of carboxylic acid groups (broad SMARTS) is 1. The summed E-state index contributed by atoms with van der Waals surface area (Å²) in [6, 6.07) is 7.76. The Morgan fingerprint density at radius 3 is 2.00 bits per heavy atom. The number of halogens is 3. The molecular formula is C12H17F3N4O2. The zero-order chi connectivity index (χ0) is 16.6. The number of alkyl halides is 3. The third-order valence-corrected chi connectivity index (χ3v) is 2.27. The van der Waals surface area contributed by atoms with Crippen LogP contribution in [-0.2, 0) is 4.79 Å². The van der Waals surface area contributed by atoms with Crippen molar-refractivity contribution in [2.45, 2.75) is 13.1 Å². The van der Waals surface area contributed by atoms with E-state index >= 15 is 0 Å². The molecule has 0 heterocycles. The van der Waals surface area contributed by atoms with Crippen LogP contribution in [0.5, 0.6) is 0 Å². The van der Waals surface area contributed by atoms with Gasteiger partial charge in [0.25, 0.3) is 0 Å². The van der Waals surface area contributed by atoms with E-state index in [1.807, 2.05) is 31.3 Å². The molecule has 0 spiro atoms. The summed E-state index contributed by atoms with van der Waals surface area (Å²) in [6.45, 7) is 3.07. The Morgan fingerprint density at radius 2 is 1.71 bits per heavy atom. The van der Waals surface area contributed by atoms with Crippen molar-refractivity contribution >= 4 is 23.3 Å². The molecule has 0 aliphatic carbocycles. The first-order chi connectivity index (χ1) is 9.57. The molecule has 0 atom stereocenters. The average molecular weight is 306 g/mol. The fourth-order valence-electron chi connectivity index (χ4n) is 1.11. The Bertz CT molecular complexity index is 482. The SMILES string of the molecule is CCN(C)c1ccc(N=C(N)N)cc1.O=C(O)C(F)(F)F. The van der Waals surface area contributed by atoms with Crippen molar-refractivity contribution < 1.29 is 23.1 Å². The van der Waals surface area contributed by atoms with Crippen molar-refractivity contribution in [3.8, 4) is 0 Å². The molecule has 0 fully saturated rings. The zero-order valence-corrected chi connectivity index (χ0v) is 11.6. The lowest BCUT2D eigenvalue weighted by molar-refractivity contribution is -0.192. The molecule has 1 rings (SSSR count). The van der Waals surface area contributed by atoms with Crippen LogP contribution in [0, 0.1) is 0 Å². The first-order valence-electron chi connectivity index (χ1n) is 5.78. The minimum atomic E-state index is -5.08. The van der Waals surface area contributed by atoms with Crippen molar-refractivity contribution in [1.29, 1.82) is 0 Å². The van der Waals surface area contributed by atoms with Crippen molar-refractivity contribution in [3.63, 3.8) is 0 Å². The Labute approximate surface area is 119 Å². The maximum Gasteiger partial charge on any atom is 0.490 e. The zero-order valence-electron chi connectivity index (χ0n) is 11.6. The molecule has 5 N–H and O–H groups in total. The minimum absolute atomic E-state index is 0.0848. The number of hydrogen-bond acceptors (Lipinski definition) is 3. The molecule has 0 aromatic heterocycles. The van der Waals surface area contributed by atoms with E-state index in [-0.39, 0.29) is 5.96 Å². The maximum atomic E-state index is 10.6. The summed E-state index contributed by atoms with van der Waals surface area (Å²) in [7, 11) is 2.04. The van der Waals surface area contributed by atoms with Gasteiger partial charge in [0, 0.05) is 19.3 Å². The van der Waals surface area contributed by atoms with E-state index in [4.69, 9.17) is 21.4 Å². The first-order valence-corrected chi connectivity index (χ1v) is 5.78. The number of carbonyl (C=O) groups is 1. The molecular weight excluding hydrogens is 289 g/mol. The predicted molar refractivity (Wildman–Crippen MR) is 74.5 cm³/mol. The van der Waals surface area contributed by atoms with E-state index in [1.54, 1.807) is 0 Å². The van der Waals surface area contributed by atoms with Crippen molar-refractivity contribution in [3.05, 3.63) is 24.3 Å². The standard InChI is InChI=1S/C10H16N4.C2HF3O2/c1-3-14(2)9-6-4-8(5-7-9)13-10(11)12;3-2(4,5)1(6)7/h4-7H,3H2,1-2H3,(H4,11,12,13);(H,6,7). The van der Waals surface area contributed by atoms with Gasteiger partial charge in [-0.15, -0.1) is 0 Å². The lowest BCUT2D eigenvalue weighted by atomic mass is 10.2. The number of nitrogens with two attached hydrogens (primary N) is 2. The Kier molecular flexibility index (Phi) is 7.05. The fraction of sp³-hybridized carbons (Fsp3) is 0.333. The molecule has 0 saturated carbocycles. The minimum Gasteiger partial charge on any atom is -0.475 e. The molecule has 0 saturated heterocycles. The number of anilines is 1. The Balaban J connectivity index is 0.000000486. The quantitative estimate of drug-likeness (QED) is 0.582. The summed E-state index contributed by atoms with van der Waals surface area (Å²) in [5.41, 5.74) is 12.5. The van der Waals surface area contributed by atoms with Gasteiger partial charge in [0.2, 0.25) is 0 Å². The molecule has 0 radical (unpaired) electrons. The number of rotatable bonds is 3. The molecule has 0 aliphatic rings. The highest BCUT2D eigenvalue weighted by Gasteiger charge is 2.38. The van der Waals surface area contributed by atoms with E-state index in [9.17, 15) is 13.2 Å². The Hall–Kier alpha value is -2.45. The Morgan fingerprint density at radius 1 is 1.29 bits per heavy atom. The molecule has 0 amide bonds. The molecule has 1 aromatic rings. The monoisotopic (exact) mass is 306 g/mol. The number of carboxylic acids is 1. The smallest absolute Gasteiger partial charge is 0.475 e. The van der Waals surface area contributed by atoms with Crippen LogP contribution in [0.2, 0.25) is 0 Å². The summed E-state index contributed by atoms with van der Waals surface area (Å²) in [4.78, 5) is 15.0. The molecule has 118 valence electrons. The van der Waals surface area contributed by atoms with Crippen LogP contribution >= 0.6 is 0 Å². The second-order valence-electron chi connectivity index (χ2n) is 3.87. The highest BCUT2D eigenvalue weighted by Crippen LogP contribution is 2.18. The van der Waals surface area contributed by atoms with Gasteiger partial charge >= 0.3 is 12.1 Å². The van der Waals surface area contributed by atoms with Gasteiger partial charge < -0.3 is 21.5 Å². The largest absolute Gasteiger partial charge is 0.490 e. The van der Waals surface area contributed by atoms with Crippen LogP contribution in [0.3, 0.4) is 0 Å². The van der Waals surface area contributed by atoms with Gasteiger partial charge in [-0.25, -0.2) is 9.79 Å². The van der Waals surface area contributed by atoms with Gasteiger partial charge in [-0.2, -0.15) is 13.2 Å². The van der Waals surface area contributed by atoms with Gasteiger partial charge in [0.15, 0.2) is 5.96 Å². The number of aliphatic carboxylic acids is 1.